The Hall–Kier alpha value is -1.86. The van der Waals surface area contributed by atoms with Gasteiger partial charge in [0.1, 0.15) is 11.8 Å². The Morgan fingerprint density at radius 2 is 2.42 bits per heavy atom. The molecule has 0 aliphatic carbocycles. The molecule has 1 N–H and O–H groups in total. The van der Waals surface area contributed by atoms with E-state index in [1.807, 2.05) is 18.3 Å². The van der Waals surface area contributed by atoms with Crippen LogP contribution >= 0.6 is 0 Å². The molecule has 1 aliphatic heterocycles. The third-order valence-corrected chi connectivity index (χ3v) is 4.03. The summed E-state index contributed by atoms with van der Waals surface area (Å²) in [6.07, 6.45) is 5.76. The smallest absolute Gasteiger partial charge is 0.141 e. The highest BCUT2D eigenvalue weighted by Crippen LogP contribution is 2.23. The van der Waals surface area contributed by atoms with Crippen molar-refractivity contribution in [2.45, 2.75) is 38.8 Å². The van der Waals surface area contributed by atoms with Crippen molar-refractivity contribution in [3.8, 4) is 6.07 Å². The molecule has 1 unspecified atom stereocenters. The molecule has 1 saturated heterocycles. The van der Waals surface area contributed by atoms with E-state index < -0.39 is 0 Å². The van der Waals surface area contributed by atoms with Crippen LogP contribution in [0.2, 0.25) is 0 Å². The van der Waals surface area contributed by atoms with Crippen LogP contribution in [0.25, 0.3) is 11.0 Å². The second-order valence-electron chi connectivity index (χ2n) is 5.33. The molecule has 1 atom stereocenters. The third kappa shape index (κ3) is 2.34. The van der Waals surface area contributed by atoms with Gasteiger partial charge in [0.15, 0.2) is 0 Å². The Morgan fingerprint density at radius 3 is 3.21 bits per heavy atom. The minimum atomic E-state index is 0.506. The van der Waals surface area contributed by atoms with Crippen LogP contribution in [-0.4, -0.2) is 27.5 Å². The number of nitrogens with one attached hydrogen (secondary N) is 1. The second-order valence-corrected chi connectivity index (χ2v) is 5.33. The van der Waals surface area contributed by atoms with Crippen LogP contribution < -0.4 is 0 Å². The van der Waals surface area contributed by atoms with E-state index in [0.29, 0.717) is 11.7 Å². The van der Waals surface area contributed by atoms with E-state index in [9.17, 15) is 0 Å². The minimum Gasteiger partial charge on any atom is -0.360 e. The summed E-state index contributed by atoms with van der Waals surface area (Å²) in [6.45, 7) is 4.33. The molecule has 98 valence electrons. The minimum absolute atomic E-state index is 0.506. The van der Waals surface area contributed by atoms with Crippen LogP contribution in [0.5, 0.6) is 0 Å². The van der Waals surface area contributed by atoms with Crippen LogP contribution in [0.1, 0.15) is 37.4 Å². The van der Waals surface area contributed by atoms with Crippen LogP contribution in [0.4, 0.5) is 0 Å². The average molecular weight is 254 g/mol. The van der Waals surface area contributed by atoms with Crippen molar-refractivity contribution in [2.75, 3.05) is 6.54 Å². The summed E-state index contributed by atoms with van der Waals surface area (Å²) in [5, 5.41) is 9.08. The average Bonchev–Trinajstić information content (AvgIpc) is 2.89. The highest BCUT2D eigenvalue weighted by molar-refractivity contribution is 5.79. The Morgan fingerprint density at radius 1 is 1.53 bits per heavy atom. The number of likely N-dealkylation sites (tertiary alicyclic amines) is 1. The maximum Gasteiger partial charge on any atom is 0.141 e. The summed E-state index contributed by atoms with van der Waals surface area (Å²) in [6, 6.07) is 6.62. The van der Waals surface area contributed by atoms with E-state index in [2.05, 4.69) is 27.9 Å². The van der Waals surface area contributed by atoms with Crippen LogP contribution in [0.3, 0.4) is 0 Å². The molecule has 4 nitrogen and oxygen atoms in total. The van der Waals surface area contributed by atoms with E-state index in [1.165, 1.54) is 24.8 Å². The first-order chi connectivity index (χ1) is 9.28. The largest absolute Gasteiger partial charge is 0.360 e. The Balaban J connectivity index is 1.95. The lowest BCUT2D eigenvalue weighted by Gasteiger charge is -2.33. The fourth-order valence-electron chi connectivity index (χ4n) is 2.90. The first-order valence-electron chi connectivity index (χ1n) is 6.89. The number of pyridine rings is 1. The number of hydrogen-bond donors (Lipinski definition) is 1. The quantitative estimate of drug-likeness (QED) is 0.896. The van der Waals surface area contributed by atoms with Crippen molar-refractivity contribution in [3.63, 3.8) is 0 Å². The Bertz CT molecular complexity index is 623. The van der Waals surface area contributed by atoms with Crippen molar-refractivity contribution in [1.29, 1.82) is 5.26 Å². The number of H-pyrrole nitrogens is 1. The van der Waals surface area contributed by atoms with Gasteiger partial charge in [0.25, 0.3) is 0 Å². The molecular formula is C15H18N4. The van der Waals surface area contributed by atoms with E-state index in [4.69, 9.17) is 5.26 Å². The van der Waals surface area contributed by atoms with Crippen molar-refractivity contribution < 1.29 is 0 Å². The third-order valence-electron chi connectivity index (χ3n) is 4.03. The number of rotatable bonds is 2. The number of nitrogens with zero attached hydrogens (tertiary/aromatic N) is 3. The van der Waals surface area contributed by atoms with Gasteiger partial charge in [-0.1, -0.05) is 6.42 Å². The molecule has 0 amide bonds. The number of hydrogen-bond acceptors (Lipinski definition) is 3. The van der Waals surface area contributed by atoms with Gasteiger partial charge in [-0.05, 0) is 44.0 Å². The van der Waals surface area contributed by atoms with Crippen LogP contribution in [-0.2, 0) is 6.54 Å². The molecule has 0 saturated carbocycles. The molecule has 3 rings (SSSR count). The molecule has 19 heavy (non-hydrogen) atoms. The molecule has 1 fully saturated rings. The zero-order chi connectivity index (χ0) is 13.2. The molecule has 4 heteroatoms. The normalized spacial score (nSPS) is 20.5. The monoisotopic (exact) mass is 254 g/mol. The lowest BCUT2D eigenvalue weighted by atomic mass is 10.0. The maximum absolute atomic E-state index is 9.08. The molecule has 3 heterocycles. The molecule has 2 aromatic rings. The number of nitriles is 1. The van der Waals surface area contributed by atoms with Crippen molar-refractivity contribution in [3.05, 3.63) is 29.6 Å². The standard InChI is InChI=1S/C15H18N4/c1-11-4-2-3-7-19(11)10-12-8-13(9-16)18-14-5-6-17-15(12)14/h5-6,8,11,17H,2-4,7,10H2,1H3. The lowest BCUT2D eigenvalue weighted by molar-refractivity contribution is 0.153. The van der Waals surface area contributed by atoms with Gasteiger partial charge in [-0.2, -0.15) is 5.26 Å². The number of aromatic nitrogens is 2. The van der Waals surface area contributed by atoms with E-state index in [-0.39, 0.29) is 0 Å². The van der Waals surface area contributed by atoms with Crippen LogP contribution in [0.15, 0.2) is 18.3 Å². The van der Waals surface area contributed by atoms with Gasteiger partial charge in [0.05, 0.1) is 11.0 Å². The van der Waals surface area contributed by atoms with Gasteiger partial charge in [0.2, 0.25) is 0 Å². The van der Waals surface area contributed by atoms with Crippen LogP contribution in [0, 0.1) is 11.3 Å². The molecular weight excluding hydrogens is 236 g/mol. The lowest BCUT2D eigenvalue weighted by Crippen LogP contribution is -2.36. The first-order valence-corrected chi connectivity index (χ1v) is 6.89. The van der Waals surface area contributed by atoms with Gasteiger partial charge in [-0.25, -0.2) is 4.98 Å². The predicted octanol–water partition coefficient (Wildman–Crippen LogP) is 2.81. The van der Waals surface area contributed by atoms with E-state index >= 15 is 0 Å². The topological polar surface area (TPSA) is 55.7 Å². The second kappa shape index (κ2) is 5.02. The van der Waals surface area contributed by atoms with E-state index in [1.54, 1.807) is 0 Å². The van der Waals surface area contributed by atoms with E-state index in [0.717, 1.165) is 24.1 Å². The Labute approximate surface area is 113 Å². The van der Waals surface area contributed by atoms with Crippen molar-refractivity contribution in [2.24, 2.45) is 0 Å². The highest BCUT2D eigenvalue weighted by Gasteiger charge is 2.19. The summed E-state index contributed by atoms with van der Waals surface area (Å²) >= 11 is 0. The summed E-state index contributed by atoms with van der Waals surface area (Å²) in [7, 11) is 0. The van der Waals surface area contributed by atoms with Gasteiger partial charge < -0.3 is 4.98 Å². The number of piperidine rings is 1. The fourth-order valence-corrected chi connectivity index (χ4v) is 2.90. The molecule has 0 bridgehead atoms. The number of aromatic amines is 1. The summed E-state index contributed by atoms with van der Waals surface area (Å²) in [5.74, 6) is 0. The molecule has 2 aromatic heterocycles. The maximum atomic E-state index is 9.08. The molecule has 0 radical (unpaired) electrons. The van der Waals surface area contributed by atoms with Crippen molar-refractivity contribution >= 4 is 11.0 Å². The Kier molecular flexibility index (Phi) is 3.22. The predicted molar refractivity (Wildman–Crippen MR) is 74.5 cm³/mol. The molecule has 0 spiro atoms. The zero-order valence-corrected chi connectivity index (χ0v) is 11.2. The van der Waals surface area contributed by atoms with Gasteiger partial charge in [-0.15, -0.1) is 0 Å². The summed E-state index contributed by atoms with van der Waals surface area (Å²) < 4.78 is 0. The molecule has 1 aliphatic rings. The summed E-state index contributed by atoms with van der Waals surface area (Å²) in [4.78, 5) is 10.1. The first kappa shape index (κ1) is 12.2. The molecule has 0 aromatic carbocycles. The van der Waals surface area contributed by atoms with Gasteiger partial charge in [0, 0.05) is 18.8 Å². The highest BCUT2D eigenvalue weighted by atomic mass is 15.2. The SMILES string of the molecule is CC1CCCCN1Cc1cc(C#N)nc2cc[nH]c12. The van der Waals surface area contributed by atoms with Crippen molar-refractivity contribution in [1.82, 2.24) is 14.9 Å². The van der Waals surface area contributed by atoms with Gasteiger partial charge >= 0.3 is 0 Å². The fraction of sp³-hybridized carbons (Fsp3) is 0.467. The van der Waals surface area contributed by atoms with Gasteiger partial charge in [-0.3, -0.25) is 4.90 Å². The zero-order valence-electron chi connectivity index (χ0n) is 11.2. The summed E-state index contributed by atoms with van der Waals surface area (Å²) in [5.41, 5.74) is 3.64. The number of fused-ring (bicyclic) bond motifs is 1.